The van der Waals surface area contributed by atoms with Gasteiger partial charge in [-0.25, -0.2) is 4.98 Å². The van der Waals surface area contributed by atoms with Gasteiger partial charge in [-0.2, -0.15) is 9.61 Å². The Balaban J connectivity index is 1.33. The van der Waals surface area contributed by atoms with Crippen molar-refractivity contribution in [1.29, 1.82) is 0 Å². The number of rotatable bonds is 8. The van der Waals surface area contributed by atoms with E-state index in [2.05, 4.69) is 34.7 Å². The van der Waals surface area contributed by atoms with Crippen LogP contribution in [0.4, 0.5) is 11.6 Å². The van der Waals surface area contributed by atoms with Gasteiger partial charge in [-0.3, -0.25) is 4.79 Å². The maximum absolute atomic E-state index is 12.6. The van der Waals surface area contributed by atoms with Gasteiger partial charge in [-0.1, -0.05) is 25.0 Å². The predicted octanol–water partition coefficient (Wildman–Crippen LogP) is 4.55. The van der Waals surface area contributed by atoms with Gasteiger partial charge in [0.1, 0.15) is 11.6 Å². The van der Waals surface area contributed by atoms with Crippen LogP contribution in [-0.2, 0) is 0 Å². The molecule has 3 aliphatic carbocycles. The quantitative estimate of drug-likeness (QED) is 0.418. The summed E-state index contributed by atoms with van der Waals surface area (Å²) in [6.45, 7) is 4.69. The Morgan fingerprint density at radius 3 is 2.62 bits per heavy atom. The Morgan fingerprint density at radius 2 is 1.95 bits per heavy atom. The van der Waals surface area contributed by atoms with Crippen LogP contribution in [-0.4, -0.2) is 56.9 Å². The van der Waals surface area contributed by atoms with Gasteiger partial charge < -0.3 is 20.6 Å². The fourth-order valence-electron chi connectivity index (χ4n) is 6.09. The molecule has 196 valence electrons. The number of hydrogen-bond donors (Lipinski definition) is 3. The van der Waals surface area contributed by atoms with Crippen molar-refractivity contribution in [3.05, 3.63) is 41.6 Å². The van der Waals surface area contributed by atoms with Gasteiger partial charge in [0.2, 0.25) is 0 Å². The number of carbonyl (C=O) groups excluding carboxylic acids is 1. The normalized spacial score (nSPS) is 23.7. The van der Waals surface area contributed by atoms with Crippen molar-refractivity contribution in [2.75, 3.05) is 23.8 Å². The van der Waals surface area contributed by atoms with Gasteiger partial charge in [-0.15, -0.1) is 0 Å². The zero-order valence-electron chi connectivity index (χ0n) is 22.1. The Hall–Kier alpha value is -3.13. The minimum atomic E-state index is -0.536. The summed E-state index contributed by atoms with van der Waals surface area (Å²) < 4.78 is 1.89. The van der Waals surface area contributed by atoms with Crippen molar-refractivity contribution in [2.24, 2.45) is 5.92 Å². The Morgan fingerprint density at radius 1 is 1.19 bits per heavy atom. The van der Waals surface area contributed by atoms with Crippen LogP contribution in [0.3, 0.4) is 0 Å². The number of benzene rings is 1. The second kappa shape index (κ2) is 9.31. The van der Waals surface area contributed by atoms with Crippen molar-refractivity contribution in [1.82, 2.24) is 19.9 Å². The van der Waals surface area contributed by atoms with E-state index < -0.39 is 5.60 Å². The highest BCUT2D eigenvalue weighted by Gasteiger charge is 2.38. The van der Waals surface area contributed by atoms with Crippen molar-refractivity contribution >= 4 is 23.2 Å². The van der Waals surface area contributed by atoms with Crippen molar-refractivity contribution in [3.8, 4) is 11.1 Å². The zero-order valence-corrected chi connectivity index (χ0v) is 22.1. The molecular formula is C29H38N6O2. The van der Waals surface area contributed by atoms with Gasteiger partial charge in [0.25, 0.3) is 5.91 Å². The molecule has 6 rings (SSSR count). The smallest absolute Gasteiger partial charge is 0.251 e. The highest BCUT2D eigenvalue weighted by atomic mass is 16.3. The van der Waals surface area contributed by atoms with Crippen LogP contribution in [0.2, 0.25) is 0 Å². The van der Waals surface area contributed by atoms with E-state index >= 15 is 0 Å². The summed E-state index contributed by atoms with van der Waals surface area (Å²) in [7, 11) is 2.15. The molecule has 3 fully saturated rings. The Bertz CT molecular complexity index is 1310. The molecule has 37 heavy (non-hydrogen) atoms. The van der Waals surface area contributed by atoms with Crippen molar-refractivity contribution in [3.63, 3.8) is 0 Å². The van der Waals surface area contributed by atoms with Crippen LogP contribution in [0.25, 0.3) is 16.8 Å². The highest BCUT2D eigenvalue weighted by Crippen LogP contribution is 2.38. The summed E-state index contributed by atoms with van der Waals surface area (Å²) in [4.78, 5) is 20.1. The largest absolute Gasteiger partial charge is 0.390 e. The van der Waals surface area contributed by atoms with Crippen LogP contribution >= 0.6 is 0 Å². The fourth-order valence-corrected chi connectivity index (χ4v) is 6.09. The van der Waals surface area contributed by atoms with E-state index in [1.807, 2.05) is 36.7 Å². The third-order valence-electron chi connectivity index (χ3n) is 8.42. The molecule has 0 radical (unpaired) electrons. The number of hydrogen-bond acceptors (Lipinski definition) is 6. The number of nitrogens with one attached hydrogen (secondary N) is 2. The van der Waals surface area contributed by atoms with Gasteiger partial charge in [0.05, 0.1) is 11.8 Å². The lowest BCUT2D eigenvalue weighted by Gasteiger charge is -2.41. The SMILES string of the molecule is Cc1cc(-c2cnn3c(NC[C@H]4C[C@@](C)(O)C4)cc(N(C)C4CCCC4)nc23)ccc1C(=O)NC1CC1. The molecule has 1 aromatic carbocycles. The number of amides is 1. The first-order chi connectivity index (χ1) is 17.8. The molecule has 0 bridgehead atoms. The summed E-state index contributed by atoms with van der Waals surface area (Å²) >= 11 is 0. The second-order valence-corrected chi connectivity index (χ2v) is 11.8. The van der Waals surface area contributed by atoms with Crippen molar-refractivity contribution < 1.29 is 9.90 Å². The number of aliphatic hydroxyl groups is 1. The average molecular weight is 503 g/mol. The molecule has 0 saturated heterocycles. The van der Waals surface area contributed by atoms with Crippen LogP contribution in [0, 0.1) is 12.8 Å². The van der Waals surface area contributed by atoms with Gasteiger partial charge >= 0.3 is 0 Å². The number of anilines is 2. The minimum absolute atomic E-state index is 0.00599. The molecule has 1 amide bonds. The van der Waals surface area contributed by atoms with Crippen LogP contribution in [0.5, 0.6) is 0 Å². The Labute approximate surface area is 218 Å². The summed E-state index contributed by atoms with van der Waals surface area (Å²) in [5.41, 5.74) is 3.90. The Kier molecular flexibility index (Phi) is 6.10. The fraction of sp³-hybridized carbons (Fsp3) is 0.552. The first kappa shape index (κ1) is 24.2. The molecule has 2 heterocycles. The van der Waals surface area contributed by atoms with Crippen molar-refractivity contribution in [2.45, 2.75) is 82.9 Å². The number of fused-ring (bicyclic) bond motifs is 1. The monoisotopic (exact) mass is 502 g/mol. The predicted molar refractivity (Wildman–Crippen MR) is 146 cm³/mol. The molecule has 0 spiro atoms. The summed E-state index contributed by atoms with van der Waals surface area (Å²) in [5.74, 6) is 2.31. The first-order valence-electron chi connectivity index (χ1n) is 13.8. The van der Waals surface area contributed by atoms with E-state index in [9.17, 15) is 9.90 Å². The molecular weight excluding hydrogens is 464 g/mol. The lowest BCUT2D eigenvalue weighted by atomic mass is 9.72. The number of aryl methyl sites for hydroxylation is 1. The van der Waals surface area contributed by atoms with E-state index in [1.54, 1.807) is 0 Å². The molecule has 3 N–H and O–H groups in total. The number of carbonyl (C=O) groups is 1. The number of aromatic nitrogens is 3. The van der Waals surface area contributed by atoms with Crippen LogP contribution < -0.4 is 15.5 Å². The second-order valence-electron chi connectivity index (χ2n) is 11.8. The van der Waals surface area contributed by atoms with E-state index in [0.29, 0.717) is 18.0 Å². The van der Waals surface area contributed by atoms with E-state index in [1.165, 1.54) is 25.7 Å². The third kappa shape index (κ3) is 4.91. The topological polar surface area (TPSA) is 94.8 Å². The molecule has 3 saturated carbocycles. The highest BCUT2D eigenvalue weighted by molar-refractivity contribution is 5.97. The van der Waals surface area contributed by atoms with E-state index in [4.69, 9.17) is 10.1 Å². The standard InChI is InChI=1S/C29H38N6O2/c1-18-12-20(8-11-23(18)28(36)32-21-9-10-21)24-17-31-35-25(30-16-19-14-29(2,37)15-19)13-26(33-27(24)35)34(3)22-6-4-5-7-22/h8,11-13,17,19,21-22,30,37H,4-7,9-10,14-16H2,1-3H3,(H,32,36)/t19-,29+. The zero-order chi connectivity index (χ0) is 25.7. The third-order valence-corrected chi connectivity index (χ3v) is 8.42. The summed E-state index contributed by atoms with van der Waals surface area (Å²) in [6, 6.07) is 8.93. The molecule has 0 atom stereocenters. The summed E-state index contributed by atoms with van der Waals surface area (Å²) in [6.07, 6.45) is 10.6. The molecule has 2 aromatic heterocycles. The van der Waals surface area contributed by atoms with E-state index in [-0.39, 0.29) is 5.91 Å². The molecule has 3 aliphatic rings. The molecule has 8 nitrogen and oxygen atoms in total. The minimum Gasteiger partial charge on any atom is -0.390 e. The lowest BCUT2D eigenvalue weighted by Crippen LogP contribution is -2.43. The molecule has 3 aromatic rings. The number of nitrogens with zero attached hydrogens (tertiary/aromatic N) is 4. The van der Waals surface area contributed by atoms with Crippen LogP contribution in [0.1, 0.15) is 74.2 Å². The molecule has 0 unspecified atom stereocenters. The maximum Gasteiger partial charge on any atom is 0.251 e. The van der Waals surface area contributed by atoms with Crippen LogP contribution in [0.15, 0.2) is 30.5 Å². The van der Waals surface area contributed by atoms with Gasteiger partial charge in [0.15, 0.2) is 5.65 Å². The average Bonchev–Trinajstić information content (AvgIpc) is 3.31. The molecule has 0 aliphatic heterocycles. The van der Waals surface area contributed by atoms with Gasteiger partial charge in [0, 0.05) is 42.9 Å². The molecule has 8 heteroatoms. The van der Waals surface area contributed by atoms with Gasteiger partial charge in [-0.05, 0) is 75.5 Å². The summed E-state index contributed by atoms with van der Waals surface area (Å²) in [5, 5.41) is 21.6. The lowest BCUT2D eigenvalue weighted by molar-refractivity contribution is -0.0524. The maximum atomic E-state index is 12.6. The van der Waals surface area contributed by atoms with E-state index in [0.717, 1.165) is 71.8 Å². The first-order valence-corrected chi connectivity index (χ1v) is 13.8.